The first-order valence-corrected chi connectivity index (χ1v) is 11.4. The van der Waals surface area contributed by atoms with Gasteiger partial charge in [0.05, 0.1) is 9.79 Å². The van der Waals surface area contributed by atoms with Crippen molar-refractivity contribution in [3.05, 3.63) is 74.8 Å². The van der Waals surface area contributed by atoms with Gasteiger partial charge in [0.2, 0.25) is 0 Å². The minimum absolute atomic E-state index is 0.0411. The highest BCUT2D eigenvalue weighted by atomic mass is 32.2. The predicted molar refractivity (Wildman–Crippen MR) is 120 cm³/mol. The van der Waals surface area contributed by atoms with E-state index in [0.29, 0.717) is 49.2 Å². The van der Waals surface area contributed by atoms with Gasteiger partial charge in [-0.2, -0.15) is 0 Å². The van der Waals surface area contributed by atoms with Crippen LogP contribution in [0.1, 0.15) is 44.7 Å². The number of thioether (sulfide) groups is 1. The summed E-state index contributed by atoms with van der Waals surface area (Å²) in [6.45, 7) is 5.38. The average molecular weight is 440 g/mol. The zero-order valence-electron chi connectivity index (χ0n) is 17.7. The number of nitro benzene ring substituents is 1. The van der Waals surface area contributed by atoms with E-state index in [2.05, 4.69) is 0 Å². The Balaban J connectivity index is 1.48. The maximum absolute atomic E-state index is 13.2. The molecule has 0 N–H and O–H groups in total. The van der Waals surface area contributed by atoms with Crippen LogP contribution >= 0.6 is 11.8 Å². The van der Waals surface area contributed by atoms with Crippen LogP contribution in [-0.2, 0) is 0 Å². The number of aryl methyl sites for hydroxylation is 2. The van der Waals surface area contributed by atoms with Crippen molar-refractivity contribution >= 4 is 29.3 Å². The summed E-state index contributed by atoms with van der Waals surface area (Å²) in [7, 11) is 0. The summed E-state index contributed by atoms with van der Waals surface area (Å²) in [4.78, 5) is 40.4. The molecule has 2 aromatic carbocycles. The lowest BCUT2D eigenvalue weighted by atomic mass is 9.99. The van der Waals surface area contributed by atoms with E-state index in [1.54, 1.807) is 35.7 Å². The largest absolute Gasteiger partial charge is 0.338 e. The first-order valence-electron chi connectivity index (χ1n) is 10.4. The molecule has 0 saturated carbocycles. The van der Waals surface area contributed by atoms with Gasteiger partial charge in [-0.25, -0.2) is 0 Å². The topological polar surface area (TPSA) is 83.8 Å². The standard InChI is InChI=1S/C23H25N3O4S/c1-16-4-3-5-18(14-16)22(28)25-12-13-31-23(25)8-10-24(11-9-23)21(27)19-7-6-17(2)20(15-19)26(29)30/h3-7,14-15H,8-13H2,1-2H3. The van der Waals surface area contributed by atoms with Crippen LogP contribution in [0, 0.1) is 24.0 Å². The van der Waals surface area contributed by atoms with Gasteiger partial charge in [0.25, 0.3) is 17.5 Å². The first-order chi connectivity index (χ1) is 14.8. The number of carbonyl (C=O) groups excluding carboxylic acids is 2. The molecule has 2 aliphatic rings. The number of likely N-dealkylation sites (tertiary alicyclic amines) is 1. The van der Waals surface area contributed by atoms with Crippen molar-refractivity contribution in [2.24, 2.45) is 0 Å². The second-order valence-corrected chi connectivity index (χ2v) is 9.63. The van der Waals surface area contributed by atoms with E-state index in [1.807, 2.05) is 36.1 Å². The molecule has 0 radical (unpaired) electrons. The number of piperidine rings is 1. The fourth-order valence-electron chi connectivity index (χ4n) is 4.42. The van der Waals surface area contributed by atoms with E-state index in [0.717, 1.165) is 11.3 Å². The first kappa shape index (κ1) is 21.4. The van der Waals surface area contributed by atoms with E-state index in [4.69, 9.17) is 0 Å². The summed E-state index contributed by atoms with van der Waals surface area (Å²) in [6, 6.07) is 12.3. The molecule has 2 amide bonds. The number of carbonyl (C=O) groups is 2. The summed E-state index contributed by atoms with van der Waals surface area (Å²) in [6.07, 6.45) is 1.38. The van der Waals surface area contributed by atoms with Gasteiger partial charge in [0.15, 0.2) is 0 Å². The number of nitro groups is 1. The van der Waals surface area contributed by atoms with Crippen molar-refractivity contribution < 1.29 is 14.5 Å². The van der Waals surface area contributed by atoms with E-state index >= 15 is 0 Å². The monoisotopic (exact) mass is 439 g/mol. The third-order valence-electron chi connectivity index (χ3n) is 6.17. The lowest BCUT2D eigenvalue weighted by molar-refractivity contribution is -0.385. The third-order valence-corrected chi connectivity index (χ3v) is 7.73. The summed E-state index contributed by atoms with van der Waals surface area (Å²) < 4.78 is 0. The van der Waals surface area contributed by atoms with Crippen LogP contribution in [-0.4, -0.2) is 56.8 Å². The molecule has 8 heteroatoms. The maximum Gasteiger partial charge on any atom is 0.273 e. The molecule has 0 bridgehead atoms. The van der Waals surface area contributed by atoms with Crippen LogP contribution in [0.15, 0.2) is 42.5 Å². The zero-order valence-corrected chi connectivity index (χ0v) is 18.5. The van der Waals surface area contributed by atoms with Crippen molar-refractivity contribution in [3.8, 4) is 0 Å². The number of benzene rings is 2. The van der Waals surface area contributed by atoms with Crippen LogP contribution in [0.3, 0.4) is 0 Å². The molecule has 31 heavy (non-hydrogen) atoms. The molecule has 4 rings (SSSR count). The van der Waals surface area contributed by atoms with Crippen molar-refractivity contribution in [2.75, 3.05) is 25.4 Å². The summed E-state index contributed by atoms with van der Waals surface area (Å²) in [5.74, 6) is 0.732. The molecule has 2 aromatic rings. The van der Waals surface area contributed by atoms with Crippen molar-refractivity contribution in [2.45, 2.75) is 31.6 Å². The number of hydrogen-bond acceptors (Lipinski definition) is 5. The number of hydrogen-bond donors (Lipinski definition) is 0. The van der Waals surface area contributed by atoms with Crippen molar-refractivity contribution in [3.63, 3.8) is 0 Å². The Morgan fingerprint density at radius 1 is 1.00 bits per heavy atom. The molecule has 2 fully saturated rings. The van der Waals surface area contributed by atoms with E-state index in [1.165, 1.54) is 6.07 Å². The predicted octanol–water partition coefficient (Wildman–Crippen LogP) is 4.03. The quantitative estimate of drug-likeness (QED) is 0.533. The number of rotatable bonds is 3. The van der Waals surface area contributed by atoms with Gasteiger partial charge in [-0.05, 0) is 44.9 Å². The van der Waals surface area contributed by atoms with E-state index < -0.39 is 4.92 Å². The second-order valence-electron chi connectivity index (χ2n) is 8.17. The molecule has 162 valence electrons. The van der Waals surface area contributed by atoms with Gasteiger partial charge in [0.1, 0.15) is 0 Å². The molecule has 0 unspecified atom stereocenters. The Hall–Kier alpha value is -2.87. The van der Waals surface area contributed by atoms with Gasteiger partial charge in [0, 0.05) is 48.1 Å². The molecule has 7 nitrogen and oxygen atoms in total. The lowest BCUT2D eigenvalue weighted by Crippen LogP contribution is -2.53. The van der Waals surface area contributed by atoms with Crippen LogP contribution in [0.2, 0.25) is 0 Å². The van der Waals surface area contributed by atoms with Gasteiger partial charge in [-0.1, -0.05) is 23.8 Å². The van der Waals surface area contributed by atoms with Gasteiger partial charge in [-0.3, -0.25) is 19.7 Å². The summed E-state index contributed by atoms with van der Waals surface area (Å²) in [5.41, 5.74) is 2.58. The Bertz CT molecular complexity index is 1050. The highest BCUT2D eigenvalue weighted by molar-refractivity contribution is 8.00. The highest BCUT2D eigenvalue weighted by Crippen LogP contribution is 2.44. The van der Waals surface area contributed by atoms with Gasteiger partial charge >= 0.3 is 0 Å². The molecule has 0 aliphatic carbocycles. The van der Waals surface area contributed by atoms with Crippen molar-refractivity contribution in [1.29, 1.82) is 0 Å². The minimum atomic E-state index is -0.457. The van der Waals surface area contributed by atoms with Gasteiger partial charge in [-0.15, -0.1) is 11.8 Å². The van der Waals surface area contributed by atoms with E-state index in [9.17, 15) is 19.7 Å². The minimum Gasteiger partial charge on any atom is -0.338 e. The van der Waals surface area contributed by atoms with Crippen LogP contribution in [0.5, 0.6) is 0 Å². The normalized spacial score (nSPS) is 17.7. The van der Waals surface area contributed by atoms with Crippen molar-refractivity contribution in [1.82, 2.24) is 9.80 Å². The fourth-order valence-corrected chi connectivity index (χ4v) is 5.88. The summed E-state index contributed by atoms with van der Waals surface area (Å²) >= 11 is 1.80. The Morgan fingerprint density at radius 2 is 1.71 bits per heavy atom. The van der Waals surface area contributed by atoms with Gasteiger partial charge < -0.3 is 9.80 Å². The molecule has 2 aliphatic heterocycles. The number of amides is 2. The Morgan fingerprint density at radius 3 is 2.39 bits per heavy atom. The smallest absolute Gasteiger partial charge is 0.273 e. The molecular formula is C23H25N3O4S. The summed E-state index contributed by atoms with van der Waals surface area (Å²) in [5, 5.41) is 11.2. The molecule has 2 heterocycles. The second kappa shape index (κ2) is 8.34. The molecule has 1 spiro atoms. The Labute approximate surface area is 185 Å². The Kier molecular flexibility index (Phi) is 5.75. The van der Waals surface area contributed by atoms with Crippen LogP contribution in [0.25, 0.3) is 0 Å². The zero-order chi connectivity index (χ0) is 22.2. The molecule has 2 saturated heterocycles. The van der Waals surface area contributed by atoms with Crippen LogP contribution < -0.4 is 0 Å². The molecule has 0 aromatic heterocycles. The number of nitrogens with zero attached hydrogens (tertiary/aromatic N) is 3. The van der Waals surface area contributed by atoms with E-state index in [-0.39, 0.29) is 22.4 Å². The molecule has 0 atom stereocenters. The average Bonchev–Trinajstić information content (AvgIpc) is 3.16. The highest BCUT2D eigenvalue weighted by Gasteiger charge is 2.47. The van der Waals surface area contributed by atoms with Crippen LogP contribution in [0.4, 0.5) is 5.69 Å². The fraction of sp³-hybridized carbons (Fsp3) is 0.391. The maximum atomic E-state index is 13.2. The lowest BCUT2D eigenvalue weighted by Gasteiger charge is -2.44. The molecular weight excluding hydrogens is 414 g/mol. The third kappa shape index (κ3) is 4.04. The SMILES string of the molecule is Cc1cccc(C(=O)N2CCSC23CCN(C(=O)c2ccc(C)c([N+](=O)[O-])c2)CC3)c1.